The Hall–Kier alpha value is -1.86. The summed E-state index contributed by atoms with van der Waals surface area (Å²) in [6.45, 7) is 2.79. The fourth-order valence-electron chi connectivity index (χ4n) is 1.65. The van der Waals surface area contributed by atoms with Crippen LogP contribution in [0, 0.1) is 0 Å². The number of aromatic nitrogens is 1. The summed E-state index contributed by atoms with van der Waals surface area (Å²) >= 11 is 0. The molecule has 0 bridgehead atoms. The van der Waals surface area contributed by atoms with Crippen molar-refractivity contribution in [3.63, 3.8) is 0 Å². The Kier molecular flexibility index (Phi) is 4.75. The van der Waals surface area contributed by atoms with Gasteiger partial charge in [-0.1, -0.05) is 6.92 Å². The van der Waals surface area contributed by atoms with Crippen LogP contribution in [0.4, 0.5) is 5.69 Å². The predicted molar refractivity (Wildman–Crippen MR) is 75.8 cm³/mol. The van der Waals surface area contributed by atoms with E-state index < -0.39 is 10.0 Å². The smallest absolute Gasteiger partial charge is 0.260 e. The van der Waals surface area contributed by atoms with Gasteiger partial charge in [-0.25, -0.2) is 18.1 Å². The molecular weight excluding hydrogens is 278 g/mol. The van der Waals surface area contributed by atoms with E-state index in [1.807, 2.05) is 6.92 Å². The molecule has 0 aromatic carbocycles. The Labute approximate surface area is 118 Å². The van der Waals surface area contributed by atoms with Gasteiger partial charge in [-0.05, 0) is 30.7 Å². The second-order valence-corrected chi connectivity index (χ2v) is 5.87. The molecule has 0 aliphatic carbocycles. The molecule has 0 saturated carbocycles. The number of sulfonamides is 1. The highest BCUT2D eigenvalue weighted by molar-refractivity contribution is 7.89. The zero-order chi connectivity index (χ0) is 14.4. The summed E-state index contributed by atoms with van der Waals surface area (Å²) in [5.41, 5.74) is 0.501. The van der Waals surface area contributed by atoms with Crippen molar-refractivity contribution in [2.24, 2.45) is 0 Å². The lowest BCUT2D eigenvalue weighted by atomic mass is 10.4. The maximum Gasteiger partial charge on any atom is 0.260 e. The maximum atomic E-state index is 12.3. The highest BCUT2D eigenvalue weighted by atomic mass is 32.2. The minimum Gasteiger partial charge on any atom is -0.468 e. The minimum absolute atomic E-state index is 0.00000567. The number of hydrogen-bond acceptors (Lipinski definition) is 5. The molecule has 20 heavy (non-hydrogen) atoms. The van der Waals surface area contributed by atoms with E-state index in [4.69, 9.17) is 4.42 Å². The lowest BCUT2D eigenvalue weighted by Crippen LogP contribution is -2.25. The number of furan rings is 1. The van der Waals surface area contributed by atoms with Crippen molar-refractivity contribution in [2.45, 2.75) is 24.9 Å². The van der Waals surface area contributed by atoms with Crippen LogP contribution in [0.3, 0.4) is 0 Å². The lowest BCUT2D eigenvalue weighted by molar-refractivity contribution is 0.498. The molecule has 0 radical (unpaired) electrons. The molecule has 2 aromatic heterocycles. The van der Waals surface area contributed by atoms with Gasteiger partial charge in [-0.2, -0.15) is 0 Å². The summed E-state index contributed by atoms with van der Waals surface area (Å²) < 4.78 is 32.1. The zero-order valence-electron chi connectivity index (χ0n) is 11.2. The van der Waals surface area contributed by atoms with Crippen LogP contribution in [0.1, 0.15) is 19.1 Å². The Bertz CT molecular complexity index is 639. The van der Waals surface area contributed by atoms with Gasteiger partial charge in [0.15, 0.2) is 5.03 Å². The van der Waals surface area contributed by atoms with Crippen molar-refractivity contribution >= 4 is 15.7 Å². The molecule has 0 amide bonds. The maximum absolute atomic E-state index is 12.3. The van der Waals surface area contributed by atoms with Gasteiger partial charge in [-0.15, -0.1) is 0 Å². The number of nitrogens with one attached hydrogen (secondary N) is 2. The van der Waals surface area contributed by atoms with E-state index >= 15 is 0 Å². The summed E-state index contributed by atoms with van der Waals surface area (Å²) in [5, 5.41) is 3.06. The molecule has 7 heteroatoms. The summed E-state index contributed by atoms with van der Waals surface area (Å²) in [6, 6.07) is 6.81. The summed E-state index contributed by atoms with van der Waals surface area (Å²) in [7, 11) is -3.68. The minimum atomic E-state index is -3.68. The Morgan fingerprint density at radius 1 is 1.30 bits per heavy atom. The van der Waals surface area contributed by atoms with E-state index in [2.05, 4.69) is 15.0 Å². The van der Waals surface area contributed by atoms with Gasteiger partial charge in [0.1, 0.15) is 5.76 Å². The SMILES string of the molecule is CCCNc1cccnc1S(=O)(=O)NCc1ccco1. The molecule has 2 rings (SSSR count). The molecule has 0 unspecified atom stereocenters. The summed E-state index contributed by atoms with van der Waals surface area (Å²) in [4.78, 5) is 3.96. The lowest BCUT2D eigenvalue weighted by Gasteiger charge is -2.11. The van der Waals surface area contributed by atoms with E-state index in [0.717, 1.165) is 6.42 Å². The van der Waals surface area contributed by atoms with Crippen molar-refractivity contribution in [3.8, 4) is 0 Å². The number of pyridine rings is 1. The van der Waals surface area contributed by atoms with E-state index in [0.29, 0.717) is 18.0 Å². The topological polar surface area (TPSA) is 84.2 Å². The monoisotopic (exact) mass is 295 g/mol. The molecule has 0 aliphatic rings. The van der Waals surface area contributed by atoms with E-state index in [-0.39, 0.29) is 11.6 Å². The number of rotatable bonds is 7. The molecule has 2 aromatic rings. The summed E-state index contributed by atoms with van der Waals surface area (Å²) in [6.07, 6.45) is 3.85. The normalized spacial score (nSPS) is 11.4. The van der Waals surface area contributed by atoms with Crippen molar-refractivity contribution in [2.75, 3.05) is 11.9 Å². The first-order chi connectivity index (χ1) is 9.63. The van der Waals surface area contributed by atoms with Gasteiger partial charge in [0.25, 0.3) is 10.0 Å². The van der Waals surface area contributed by atoms with Gasteiger partial charge in [-0.3, -0.25) is 0 Å². The zero-order valence-corrected chi connectivity index (χ0v) is 12.0. The van der Waals surface area contributed by atoms with Crippen LogP contribution in [0.5, 0.6) is 0 Å². The standard InChI is InChI=1S/C13H17N3O3S/c1-2-7-14-12-6-3-8-15-13(12)20(17,18)16-10-11-5-4-9-19-11/h3-6,8-9,14,16H,2,7,10H2,1H3. The average Bonchev–Trinajstić information content (AvgIpc) is 2.97. The third kappa shape index (κ3) is 3.58. The average molecular weight is 295 g/mol. The molecule has 0 fully saturated rings. The Morgan fingerprint density at radius 3 is 2.85 bits per heavy atom. The molecule has 108 valence electrons. The van der Waals surface area contributed by atoms with Gasteiger partial charge in [0, 0.05) is 12.7 Å². The van der Waals surface area contributed by atoms with Crippen LogP contribution in [-0.4, -0.2) is 19.9 Å². The van der Waals surface area contributed by atoms with Crippen LogP contribution < -0.4 is 10.0 Å². The first kappa shape index (κ1) is 14.5. The molecule has 0 spiro atoms. The van der Waals surface area contributed by atoms with E-state index in [9.17, 15) is 8.42 Å². The second-order valence-electron chi connectivity index (χ2n) is 4.19. The molecular formula is C13H17N3O3S. The number of hydrogen-bond donors (Lipinski definition) is 2. The molecule has 2 heterocycles. The highest BCUT2D eigenvalue weighted by Gasteiger charge is 2.20. The van der Waals surface area contributed by atoms with Gasteiger partial charge in [0.05, 0.1) is 18.5 Å². The predicted octanol–water partition coefficient (Wildman–Crippen LogP) is 1.97. The molecule has 6 nitrogen and oxygen atoms in total. The van der Waals surface area contributed by atoms with Crippen LogP contribution in [0.2, 0.25) is 0 Å². The van der Waals surface area contributed by atoms with E-state index in [1.165, 1.54) is 12.5 Å². The number of nitrogens with zero attached hydrogens (tertiary/aromatic N) is 1. The van der Waals surface area contributed by atoms with Crippen LogP contribution in [-0.2, 0) is 16.6 Å². The Balaban J connectivity index is 2.16. The quantitative estimate of drug-likeness (QED) is 0.816. The fraction of sp³-hybridized carbons (Fsp3) is 0.308. The van der Waals surface area contributed by atoms with Crippen LogP contribution >= 0.6 is 0 Å². The molecule has 0 atom stereocenters. The van der Waals surface area contributed by atoms with E-state index in [1.54, 1.807) is 24.3 Å². The third-order valence-corrected chi connectivity index (χ3v) is 3.97. The Morgan fingerprint density at radius 2 is 2.15 bits per heavy atom. The molecule has 2 N–H and O–H groups in total. The summed E-state index contributed by atoms with van der Waals surface area (Å²) in [5.74, 6) is 0.549. The van der Waals surface area contributed by atoms with Crippen molar-refractivity contribution in [3.05, 3.63) is 42.5 Å². The van der Waals surface area contributed by atoms with Crippen molar-refractivity contribution in [1.29, 1.82) is 0 Å². The fourth-order valence-corrected chi connectivity index (χ4v) is 2.75. The van der Waals surface area contributed by atoms with Crippen molar-refractivity contribution < 1.29 is 12.8 Å². The number of anilines is 1. The first-order valence-electron chi connectivity index (χ1n) is 6.34. The third-order valence-electron chi connectivity index (χ3n) is 2.61. The molecule has 0 aliphatic heterocycles. The van der Waals surface area contributed by atoms with Crippen LogP contribution in [0.15, 0.2) is 46.2 Å². The highest BCUT2D eigenvalue weighted by Crippen LogP contribution is 2.18. The van der Waals surface area contributed by atoms with Gasteiger partial charge in [0.2, 0.25) is 0 Å². The largest absolute Gasteiger partial charge is 0.468 e. The van der Waals surface area contributed by atoms with Crippen molar-refractivity contribution in [1.82, 2.24) is 9.71 Å². The molecule has 0 saturated heterocycles. The second kappa shape index (κ2) is 6.53. The van der Waals surface area contributed by atoms with Gasteiger partial charge < -0.3 is 9.73 Å². The van der Waals surface area contributed by atoms with Crippen LogP contribution in [0.25, 0.3) is 0 Å². The van der Waals surface area contributed by atoms with Gasteiger partial charge >= 0.3 is 0 Å². The first-order valence-corrected chi connectivity index (χ1v) is 7.82.